The predicted octanol–water partition coefficient (Wildman–Crippen LogP) is 1.12. The molecule has 1 saturated heterocycles. The molecular formula is C22H29N5O3. The summed E-state index contributed by atoms with van der Waals surface area (Å²) in [6, 6.07) is 9.03. The summed E-state index contributed by atoms with van der Waals surface area (Å²) in [4.78, 5) is 40.2. The molecule has 2 aromatic rings. The average Bonchev–Trinajstić information content (AvgIpc) is 3.31. The molecule has 1 unspecified atom stereocenters. The van der Waals surface area contributed by atoms with Crippen LogP contribution in [0.4, 0.5) is 0 Å². The fourth-order valence-corrected chi connectivity index (χ4v) is 4.31. The van der Waals surface area contributed by atoms with E-state index in [1.165, 1.54) is 4.68 Å². The maximum absolute atomic E-state index is 13.0. The largest absolute Gasteiger partial charge is 0.346 e. The van der Waals surface area contributed by atoms with Gasteiger partial charge in [-0.25, -0.2) is 9.48 Å². The number of aryl methyl sites for hydroxylation is 1. The maximum Gasteiger partial charge on any atom is 0.346 e. The van der Waals surface area contributed by atoms with Crippen molar-refractivity contribution in [3.05, 3.63) is 52.2 Å². The second-order valence-corrected chi connectivity index (χ2v) is 8.16. The van der Waals surface area contributed by atoms with E-state index in [9.17, 15) is 14.4 Å². The lowest BCUT2D eigenvalue weighted by atomic mass is 10.0. The minimum absolute atomic E-state index is 0.0577. The molecule has 0 bridgehead atoms. The van der Waals surface area contributed by atoms with Crippen LogP contribution in [0.2, 0.25) is 0 Å². The van der Waals surface area contributed by atoms with E-state index in [4.69, 9.17) is 0 Å². The first kappa shape index (κ1) is 20.4. The van der Waals surface area contributed by atoms with Crippen LogP contribution in [0.1, 0.15) is 43.5 Å². The van der Waals surface area contributed by atoms with Crippen LogP contribution >= 0.6 is 0 Å². The molecule has 1 fully saturated rings. The molecule has 30 heavy (non-hydrogen) atoms. The summed E-state index contributed by atoms with van der Waals surface area (Å²) in [6.45, 7) is 1.94. The molecule has 4 rings (SSSR count). The Kier molecular flexibility index (Phi) is 6.30. The molecule has 0 radical (unpaired) electrons. The first-order chi connectivity index (χ1) is 14.6. The van der Waals surface area contributed by atoms with Crippen molar-refractivity contribution in [3.8, 4) is 0 Å². The Morgan fingerprint density at radius 2 is 1.73 bits per heavy atom. The van der Waals surface area contributed by atoms with Crippen molar-refractivity contribution in [1.29, 1.82) is 0 Å². The van der Waals surface area contributed by atoms with E-state index in [2.05, 4.69) is 10.4 Å². The molecule has 1 atom stereocenters. The van der Waals surface area contributed by atoms with Gasteiger partial charge in [0.2, 0.25) is 11.8 Å². The molecule has 1 aromatic carbocycles. The molecule has 2 amide bonds. The third-order valence-corrected chi connectivity index (χ3v) is 5.91. The molecule has 0 aliphatic carbocycles. The zero-order chi connectivity index (χ0) is 20.9. The van der Waals surface area contributed by atoms with Crippen LogP contribution in [0.25, 0.3) is 0 Å². The lowest BCUT2D eigenvalue weighted by molar-refractivity contribution is -0.135. The Labute approximate surface area is 175 Å². The Balaban J connectivity index is 1.47. The molecule has 8 nitrogen and oxygen atoms in total. The quantitative estimate of drug-likeness (QED) is 0.772. The number of nitrogens with one attached hydrogen (secondary N) is 1. The Hall–Kier alpha value is -2.90. The Bertz CT molecular complexity index is 943. The first-order valence-corrected chi connectivity index (χ1v) is 10.9. The van der Waals surface area contributed by atoms with E-state index in [0.29, 0.717) is 13.0 Å². The van der Waals surface area contributed by atoms with Crippen LogP contribution < -0.4 is 11.0 Å². The van der Waals surface area contributed by atoms with E-state index in [-0.39, 0.29) is 24.0 Å². The summed E-state index contributed by atoms with van der Waals surface area (Å²) in [5, 5.41) is 7.25. The lowest BCUT2D eigenvalue weighted by Gasteiger charge is -2.24. The molecule has 2 aliphatic heterocycles. The van der Waals surface area contributed by atoms with Gasteiger partial charge in [-0.05, 0) is 31.2 Å². The number of benzene rings is 1. The van der Waals surface area contributed by atoms with Gasteiger partial charge in [0.15, 0.2) is 0 Å². The number of hydrogen-bond acceptors (Lipinski definition) is 4. The molecule has 8 heteroatoms. The van der Waals surface area contributed by atoms with E-state index >= 15 is 0 Å². The maximum atomic E-state index is 13.0. The van der Waals surface area contributed by atoms with Crippen molar-refractivity contribution in [2.75, 3.05) is 13.1 Å². The van der Waals surface area contributed by atoms with E-state index in [1.807, 2.05) is 35.2 Å². The normalized spacial score (nSPS) is 17.3. The van der Waals surface area contributed by atoms with Crippen molar-refractivity contribution in [2.24, 2.45) is 0 Å². The smallest absolute Gasteiger partial charge is 0.342 e. The van der Waals surface area contributed by atoms with Crippen LogP contribution in [0.5, 0.6) is 0 Å². The highest BCUT2D eigenvalue weighted by atomic mass is 16.2. The molecule has 160 valence electrons. The SMILES string of the molecule is O=C(Cn1nc2n(c1=O)CCCCC2)NC(Cc1ccccc1)C(=O)N1CCCC1. The number of carbonyl (C=O) groups is 2. The average molecular weight is 412 g/mol. The first-order valence-electron chi connectivity index (χ1n) is 10.9. The summed E-state index contributed by atoms with van der Waals surface area (Å²) in [6.07, 6.45) is 6.22. The van der Waals surface area contributed by atoms with Crippen LogP contribution in [-0.4, -0.2) is 50.2 Å². The van der Waals surface area contributed by atoms with Crippen LogP contribution in [0.3, 0.4) is 0 Å². The van der Waals surface area contributed by atoms with E-state index in [1.54, 1.807) is 4.57 Å². The standard InChI is InChI=1S/C22H29N5O3/c28-20(16-27-22(30)26-14-6-2-5-11-19(26)24-27)23-18(15-17-9-3-1-4-10-17)21(29)25-12-7-8-13-25/h1,3-4,9-10,18H,2,5-8,11-16H2,(H,23,28). The highest BCUT2D eigenvalue weighted by molar-refractivity contribution is 5.88. The monoisotopic (exact) mass is 411 g/mol. The summed E-state index contributed by atoms with van der Waals surface area (Å²) >= 11 is 0. The number of fused-ring (bicyclic) bond motifs is 1. The number of carbonyl (C=O) groups excluding carboxylic acids is 2. The van der Waals surface area contributed by atoms with Crippen molar-refractivity contribution in [3.63, 3.8) is 0 Å². The van der Waals surface area contributed by atoms with E-state index in [0.717, 1.165) is 63.0 Å². The number of likely N-dealkylation sites (tertiary alicyclic amines) is 1. The summed E-state index contributed by atoms with van der Waals surface area (Å²) < 4.78 is 2.91. The fourth-order valence-electron chi connectivity index (χ4n) is 4.31. The third kappa shape index (κ3) is 4.63. The Morgan fingerprint density at radius 1 is 1.00 bits per heavy atom. The number of rotatable bonds is 6. The van der Waals surface area contributed by atoms with Crippen molar-refractivity contribution in [1.82, 2.24) is 24.6 Å². The van der Waals surface area contributed by atoms with Gasteiger partial charge in [0.05, 0.1) is 0 Å². The molecular weight excluding hydrogens is 382 g/mol. The molecule has 0 spiro atoms. The van der Waals surface area contributed by atoms with Gasteiger partial charge < -0.3 is 10.2 Å². The molecule has 1 N–H and O–H groups in total. The van der Waals surface area contributed by atoms with Crippen LogP contribution in [0, 0.1) is 0 Å². The highest BCUT2D eigenvalue weighted by Crippen LogP contribution is 2.13. The second kappa shape index (κ2) is 9.28. The van der Waals surface area contributed by atoms with Crippen LogP contribution in [0.15, 0.2) is 35.1 Å². The van der Waals surface area contributed by atoms with Gasteiger partial charge in [-0.2, -0.15) is 5.10 Å². The van der Waals surface area contributed by atoms with Crippen molar-refractivity contribution >= 4 is 11.8 Å². The second-order valence-electron chi connectivity index (χ2n) is 8.16. The van der Waals surface area contributed by atoms with Gasteiger partial charge in [-0.15, -0.1) is 0 Å². The summed E-state index contributed by atoms with van der Waals surface area (Å²) in [7, 11) is 0. The Morgan fingerprint density at radius 3 is 2.50 bits per heavy atom. The van der Waals surface area contributed by atoms with Crippen molar-refractivity contribution in [2.45, 2.75) is 64.1 Å². The zero-order valence-electron chi connectivity index (χ0n) is 17.3. The summed E-state index contributed by atoms with van der Waals surface area (Å²) in [5.74, 6) is 0.329. The lowest BCUT2D eigenvalue weighted by Crippen LogP contribution is -2.50. The van der Waals surface area contributed by atoms with Gasteiger partial charge in [-0.1, -0.05) is 36.8 Å². The number of aromatic nitrogens is 3. The van der Waals surface area contributed by atoms with Gasteiger partial charge >= 0.3 is 5.69 Å². The fraction of sp³-hybridized carbons (Fsp3) is 0.545. The zero-order valence-corrected chi connectivity index (χ0v) is 17.3. The molecule has 0 saturated carbocycles. The molecule has 3 heterocycles. The topological polar surface area (TPSA) is 89.2 Å². The third-order valence-electron chi connectivity index (χ3n) is 5.91. The molecule has 1 aromatic heterocycles. The van der Waals surface area contributed by atoms with Crippen molar-refractivity contribution < 1.29 is 9.59 Å². The van der Waals surface area contributed by atoms with Gasteiger partial charge in [0.1, 0.15) is 18.4 Å². The minimum atomic E-state index is -0.644. The van der Waals surface area contributed by atoms with E-state index < -0.39 is 6.04 Å². The minimum Gasteiger partial charge on any atom is -0.342 e. The van der Waals surface area contributed by atoms with Crippen LogP contribution in [-0.2, 0) is 35.5 Å². The van der Waals surface area contributed by atoms with Gasteiger partial charge in [0.25, 0.3) is 0 Å². The van der Waals surface area contributed by atoms with Gasteiger partial charge in [0, 0.05) is 32.5 Å². The summed E-state index contributed by atoms with van der Waals surface area (Å²) in [5.41, 5.74) is 0.744. The predicted molar refractivity (Wildman–Crippen MR) is 112 cm³/mol. The number of nitrogens with zero attached hydrogens (tertiary/aromatic N) is 4. The highest BCUT2D eigenvalue weighted by Gasteiger charge is 2.28. The number of amides is 2. The number of hydrogen-bond donors (Lipinski definition) is 1. The van der Waals surface area contributed by atoms with Gasteiger partial charge in [-0.3, -0.25) is 14.2 Å². The molecule has 2 aliphatic rings.